The largest absolute Gasteiger partial charge is 0.358 e. The van der Waals surface area contributed by atoms with E-state index in [9.17, 15) is 18.9 Å². The molecule has 0 aliphatic carbocycles. The summed E-state index contributed by atoms with van der Waals surface area (Å²) in [6.07, 6.45) is 0. The van der Waals surface area contributed by atoms with Crippen LogP contribution in [0.5, 0.6) is 0 Å². The summed E-state index contributed by atoms with van der Waals surface area (Å²) >= 11 is 0. The van der Waals surface area contributed by atoms with E-state index in [2.05, 4.69) is 10.4 Å². The molecule has 7 nitrogen and oxygen atoms in total. The van der Waals surface area contributed by atoms with Gasteiger partial charge in [-0.3, -0.25) is 10.1 Å². The van der Waals surface area contributed by atoms with Gasteiger partial charge in [0.1, 0.15) is 5.69 Å². The summed E-state index contributed by atoms with van der Waals surface area (Å²) in [6, 6.07) is 0. The highest BCUT2D eigenvalue weighted by molar-refractivity contribution is 5.59. The molecule has 0 aromatic carbocycles. The van der Waals surface area contributed by atoms with Crippen molar-refractivity contribution < 1.29 is 13.7 Å². The molecule has 0 aliphatic heterocycles. The average Bonchev–Trinajstić information content (AvgIpc) is 2.50. The lowest BCUT2D eigenvalue weighted by Gasteiger charge is -2.14. The number of anilines is 1. The highest BCUT2D eigenvalue weighted by atomic mass is 19.3. The summed E-state index contributed by atoms with van der Waals surface area (Å²) < 4.78 is 27.0. The van der Waals surface area contributed by atoms with Crippen molar-refractivity contribution >= 4 is 11.5 Å². The molecule has 0 saturated heterocycles. The number of nitro groups is 1. The summed E-state index contributed by atoms with van der Waals surface area (Å²) in [5.74, 6) is -3.17. The lowest BCUT2D eigenvalue weighted by atomic mass is 10.3. The lowest BCUT2D eigenvalue weighted by Crippen LogP contribution is -2.35. The fraction of sp³-hybridized carbons (Fsp3) is 0.625. The summed E-state index contributed by atoms with van der Waals surface area (Å²) in [5.41, 5.74) is 4.72. The number of alkyl halides is 2. The molecule has 1 heterocycles. The number of nitrogens with one attached hydrogen (secondary N) is 1. The Hall–Kier alpha value is -1.77. The monoisotopic (exact) mass is 249 g/mol. The minimum absolute atomic E-state index is 0.0550. The predicted octanol–water partition coefficient (Wildman–Crippen LogP) is 0.643. The smallest absolute Gasteiger partial charge is 0.333 e. The van der Waals surface area contributed by atoms with Gasteiger partial charge in [-0.1, -0.05) is 0 Å². The van der Waals surface area contributed by atoms with Crippen LogP contribution in [0.3, 0.4) is 0 Å². The molecule has 1 rings (SSSR count). The normalized spacial score (nSPS) is 11.6. The standard InChI is InChI=1S/C8H13F2N5O2/c1-5-6(15(16)17)7(14(2)13-5)12-4-8(9,10)3-11/h12H,3-4,11H2,1-2H3. The van der Waals surface area contributed by atoms with E-state index >= 15 is 0 Å². The van der Waals surface area contributed by atoms with Crippen molar-refractivity contribution in [1.82, 2.24) is 9.78 Å². The Labute approximate surface area is 95.7 Å². The van der Waals surface area contributed by atoms with Crippen LogP contribution in [-0.2, 0) is 7.05 Å². The molecule has 0 amide bonds. The van der Waals surface area contributed by atoms with E-state index in [0.717, 1.165) is 4.68 Å². The number of nitrogens with two attached hydrogens (primary N) is 1. The van der Waals surface area contributed by atoms with Crippen molar-refractivity contribution in [3.8, 4) is 0 Å². The molecule has 0 spiro atoms. The van der Waals surface area contributed by atoms with Crippen LogP contribution in [0.1, 0.15) is 5.69 Å². The van der Waals surface area contributed by atoms with Gasteiger partial charge in [0.15, 0.2) is 0 Å². The van der Waals surface area contributed by atoms with Gasteiger partial charge >= 0.3 is 5.69 Å². The van der Waals surface area contributed by atoms with Gasteiger partial charge in [0, 0.05) is 7.05 Å². The van der Waals surface area contributed by atoms with Gasteiger partial charge in [0.05, 0.1) is 18.0 Å². The Morgan fingerprint density at radius 3 is 2.71 bits per heavy atom. The van der Waals surface area contributed by atoms with Gasteiger partial charge in [0.2, 0.25) is 5.82 Å². The Balaban J connectivity index is 2.95. The summed E-state index contributed by atoms with van der Waals surface area (Å²) in [4.78, 5) is 10.1. The number of nitrogens with zero attached hydrogens (tertiary/aromatic N) is 3. The predicted molar refractivity (Wildman–Crippen MR) is 57.1 cm³/mol. The second-order valence-corrected chi connectivity index (χ2v) is 3.58. The Kier molecular flexibility index (Phi) is 3.61. The van der Waals surface area contributed by atoms with Crippen molar-refractivity contribution in [3.63, 3.8) is 0 Å². The van der Waals surface area contributed by atoms with E-state index in [1.165, 1.54) is 14.0 Å². The van der Waals surface area contributed by atoms with Crippen molar-refractivity contribution in [2.75, 3.05) is 18.4 Å². The molecule has 0 saturated carbocycles. The van der Waals surface area contributed by atoms with E-state index in [4.69, 9.17) is 5.73 Å². The summed E-state index contributed by atoms with van der Waals surface area (Å²) in [5, 5.41) is 16.8. The number of hydrogen-bond acceptors (Lipinski definition) is 5. The minimum atomic E-state index is -3.12. The van der Waals surface area contributed by atoms with E-state index < -0.39 is 23.9 Å². The quantitative estimate of drug-likeness (QED) is 0.589. The van der Waals surface area contributed by atoms with E-state index in [1.807, 2.05) is 0 Å². The first-order chi connectivity index (χ1) is 7.78. The van der Waals surface area contributed by atoms with Crippen molar-refractivity contribution in [2.45, 2.75) is 12.8 Å². The minimum Gasteiger partial charge on any atom is -0.358 e. The first kappa shape index (κ1) is 13.3. The van der Waals surface area contributed by atoms with Crippen molar-refractivity contribution in [2.24, 2.45) is 12.8 Å². The maximum absolute atomic E-state index is 12.9. The Morgan fingerprint density at radius 1 is 1.65 bits per heavy atom. The first-order valence-corrected chi connectivity index (χ1v) is 4.78. The number of aromatic nitrogens is 2. The fourth-order valence-electron chi connectivity index (χ4n) is 1.35. The topological polar surface area (TPSA) is 99.0 Å². The number of rotatable bonds is 5. The summed E-state index contributed by atoms with van der Waals surface area (Å²) in [6.45, 7) is -0.168. The lowest BCUT2D eigenvalue weighted by molar-refractivity contribution is -0.384. The molecule has 0 radical (unpaired) electrons. The maximum atomic E-state index is 12.9. The molecule has 0 unspecified atom stereocenters. The van der Waals surface area contributed by atoms with Crippen LogP contribution in [0.2, 0.25) is 0 Å². The fourth-order valence-corrected chi connectivity index (χ4v) is 1.35. The average molecular weight is 249 g/mol. The molecular formula is C8H13F2N5O2. The zero-order valence-corrected chi connectivity index (χ0v) is 9.41. The molecule has 0 aliphatic rings. The van der Waals surface area contributed by atoms with E-state index in [1.54, 1.807) is 0 Å². The van der Waals surface area contributed by atoms with Crippen molar-refractivity contribution in [3.05, 3.63) is 15.8 Å². The molecule has 17 heavy (non-hydrogen) atoms. The molecule has 0 fully saturated rings. The van der Waals surface area contributed by atoms with E-state index in [-0.39, 0.29) is 17.2 Å². The van der Waals surface area contributed by atoms with Crippen LogP contribution < -0.4 is 11.1 Å². The molecule has 96 valence electrons. The zero-order chi connectivity index (χ0) is 13.2. The van der Waals surface area contributed by atoms with Gasteiger partial charge in [-0.15, -0.1) is 0 Å². The molecule has 0 atom stereocenters. The number of halogens is 2. The third-order valence-electron chi connectivity index (χ3n) is 2.19. The SMILES string of the molecule is Cc1nn(C)c(NCC(F)(F)CN)c1[N+](=O)[O-]. The molecule has 9 heteroatoms. The van der Waals surface area contributed by atoms with Crippen molar-refractivity contribution in [1.29, 1.82) is 0 Å². The summed E-state index contributed by atoms with van der Waals surface area (Å²) in [7, 11) is 1.43. The first-order valence-electron chi connectivity index (χ1n) is 4.78. The second kappa shape index (κ2) is 4.62. The molecule has 1 aromatic heterocycles. The number of hydrogen-bond donors (Lipinski definition) is 2. The highest BCUT2D eigenvalue weighted by Gasteiger charge is 2.30. The van der Waals surface area contributed by atoms with Crippen LogP contribution in [0.25, 0.3) is 0 Å². The number of aryl methyl sites for hydroxylation is 2. The molecule has 1 aromatic rings. The van der Waals surface area contributed by atoms with Crippen LogP contribution in [0, 0.1) is 17.0 Å². The third-order valence-corrected chi connectivity index (χ3v) is 2.19. The van der Waals surface area contributed by atoms with Gasteiger partial charge < -0.3 is 11.1 Å². The van der Waals surface area contributed by atoms with Crippen LogP contribution in [0.4, 0.5) is 20.3 Å². The van der Waals surface area contributed by atoms with Gasteiger partial charge in [-0.05, 0) is 6.92 Å². The van der Waals surface area contributed by atoms with Gasteiger partial charge in [-0.2, -0.15) is 5.10 Å². The van der Waals surface area contributed by atoms with E-state index in [0.29, 0.717) is 0 Å². The van der Waals surface area contributed by atoms with Crippen LogP contribution >= 0.6 is 0 Å². The Bertz CT molecular complexity index is 432. The third kappa shape index (κ3) is 2.87. The zero-order valence-electron chi connectivity index (χ0n) is 9.41. The maximum Gasteiger partial charge on any atom is 0.333 e. The Morgan fingerprint density at radius 2 is 2.24 bits per heavy atom. The molecular weight excluding hydrogens is 236 g/mol. The second-order valence-electron chi connectivity index (χ2n) is 3.58. The van der Waals surface area contributed by atoms with Crippen LogP contribution in [0.15, 0.2) is 0 Å². The van der Waals surface area contributed by atoms with Gasteiger partial charge in [0.25, 0.3) is 5.92 Å². The molecule has 0 bridgehead atoms. The van der Waals surface area contributed by atoms with Crippen LogP contribution in [-0.4, -0.2) is 33.7 Å². The van der Waals surface area contributed by atoms with Gasteiger partial charge in [-0.25, -0.2) is 13.5 Å². The highest BCUT2D eigenvalue weighted by Crippen LogP contribution is 2.28. The molecule has 3 N–H and O–H groups in total.